The monoisotopic (exact) mass is 428 g/mol. The second-order valence-corrected chi connectivity index (χ2v) is 5.90. The third kappa shape index (κ3) is 5.04. The fourth-order valence-electron chi connectivity index (χ4n) is 2.39. The van der Waals surface area contributed by atoms with E-state index in [9.17, 15) is 26.7 Å². The van der Waals surface area contributed by atoms with E-state index in [0.717, 1.165) is 30.5 Å². The van der Waals surface area contributed by atoms with Gasteiger partial charge in [0.25, 0.3) is 5.56 Å². The van der Waals surface area contributed by atoms with E-state index in [1.54, 1.807) is 0 Å². The molecule has 3 aromatic rings. The number of halogens is 5. The minimum absolute atomic E-state index is 0.0577. The highest BCUT2D eigenvalue weighted by molar-refractivity contribution is 5.36. The molecule has 0 atom stereocenters. The van der Waals surface area contributed by atoms with Gasteiger partial charge in [-0.1, -0.05) is 0 Å². The van der Waals surface area contributed by atoms with Crippen molar-refractivity contribution in [2.24, 2.45) is 0 Å². The van der Waals surface area contributed by atoms with Crippen molar-refractivity contribution in [1.82, 2.24) is 9.97 Å². The molecule has 158 valence electrons. The van der Waals surface area contributed by atoms with Gasteiger partial charge in [0.1, 0.15) is 23.8 Å². The van der Waals surface area contributed by atoms with Gasteiger partial charge in [-0.15, -0.1) is 0 Å². The smallest absolute Gasteiger partial charge is 0.433 e. The summed E-state index contributed by atoms with van der Waals surface area (Å²) in [5.74, 6) is -3.38. The molecule has 0 aliphatic rings. The zero-order chi connectivity index (χ0) is 21.9. The van der Waals surface area contributed by atoms with E-state index in [1.807, 2.05) is 0 Å². The number of methoxy groups -OCH3 is 1. The second kappa shape index (κ2) is 8.39. The predicted molar refractivity (Wildman–Crippen MR) is 93.6 cm³/mol. The van der Waals surface area contributed by atoms with Crippen LogP contribution in [0.5, 0.6) is 23.1 Å². The van der Waals surface area contributed by atoms with Crippen molar-refractivity contribution in [2.75, 3.05) is 7.11 Å². The number of rotatable bonds is 6. The molecular weight excluding hydrogens is 415 g/mol. The maximum Gasteiger partial charge on any atom is 0.433 e. The molecule has 11 heteroatoms. The van der Waals surface area contributed by atoms with Gasteiger partial charge < -0.3 is 14.2 Å². The third-order valence-electron chi connectivity index (χ3n) is 3.72. The van der Waals surface area contributed by atoms with Gasteiger partial charge in [0, 0.05) is 24.4 Å². The molecule has 2 aromatic heterocycles. The molecule has 0 aliphatic heterocycles. The van der Waals surface area contributed by atoms with E-state index < -0.39 is 40.6 Å². The molecule has 2 heterocycles. The Morgan fingerprint density at radius 2 is 1.73 bits per heavy atom. The molecule has 1 N–H and O–H groups in total. The van der Waals surface area contributed by atoms with Crippen molar-refractivity contribution in [3.8, 4) is 23.1 Å². The highest BCUT2D eigenvalue weighted by atomic mass is 19.4. The SMILES string of the molecule is COc1cc(OCc2cc(F)c(Oc3ccnc(C(F)(F)F)c3)c(F)c2)cc(=O)[nH]1. The molecule has 0 amide bonds. The summed E-state index contributed by atoms with van der Waals surface area (Å²) < 4.78 is 81.9. The highest BCUT2D eigenvalue weighted by Crippen LogP contribution is 2.33. The molecular formula is C19H13F5N2O4. The lowest BCUT2D eigenvalue weighted by Crippen LogP contribution is -2.08. The summed E-state index contributed by atoms with van der Waals surface area (Å²) >= 11 is 0. The van der Waals surface area contributed by atoms with Crippen molar-refractivity contribution in [2.45, 2.75) is 12.8 Å². The average molecular weight is 428 g/mol. The van der Waals surface area contributed by atoms with Crippen molar-refractivity contribution >= 4 is 0 Å². The van der Waals surface area contributed by atoms with Crippen molar-refractivity contribution in [1.29, 1.82) is 0 Å². The quantitative estimate of drug-likeness (QED) is 0.588. The molecule has 0 spiro atoms. The van der Waals surface area contributed by atoms with Gasteiger partial charge in [-0.2, -0.15) is 13.2 Å². The Balaban J connectivity index is 1.77. The van der Waals surface area contributed by atoms with Crippen molar-refractivity contribution in [3.05, 3.63) is 75.8 Å². The van der Waals surface area contributed by atoms with Crippen molar-refractivity contribution < 1.29 is 36.2 Å². The van der Waals surface area contributed by atoms with Gasteiger partial charge in [-0.3, -0.25) is 14.8 Å². The number of H-pyrrole nitrogens is 1. The summed E-state index contributed by atoms with van der Waals surface area (Å²) in [6.07, 6.45) is -3.93. The number of aromatic amines is 1. The van der Waals surface area contributed by atoms with E-state index >= 15 is 0 Å². The van der Waals surface area contributed by atoms with E-state index in [2.05, 4.69) is 9.97 Å². The number of alkyl halides is 3. The summed E-state index contributed by atoms with van der Waals surface area (Å²) in [5.41, 5.74) is -1.71. The van der Waals surface area contributed by atoms with Gasteiger partial charge >= 0.3 is 6.18 Å². The lowest BCUT2D eigenvalue weighted by Gasteiger charge is -2.12. The molecule has 30 heavy (non-hydrogen) atoms. The molecule has 0 aliphatic carbocycles. The van der Waals surface area contributed by atoms with E-state index in [4.69, 9.17) is 14.2 Å². The van der Waals surface area contributed by atoms with Crippen LogP contribution in [0.1, 0.15) is 11.3 Å². The number of benzene rings is 1. The van der Waals surface area contributed by atoms with Crippen LogP contribution in [-0.2, 0) is 12.8 Å². The van der Waals surface area contributed by atoms with Crippen LogP contribution >= 0.6 is 0 Å². The molecule has 0 radical (unpaired) electrons. The number of nitrogens with zero attached hydrogens (tertiary/aromatic N) is 1. The van der Waals surface area contributed by atoms with Crippen LogP contribution in [0.3, 0.4) is 0 Å². The minimum Gasteiger partial charge on any atom is -0.488 e. The number of aromatic nitrogens is 2. The largest absolute Gasteiger partial charge is 0.488 e. The topological polar surface area (TPSA) is 73.4 Å². The predicted octanol–water partition coefficient (Wildman–Crippen LogP) is 4.45. The Bertz CT molecular complexity index is 1090. The minimum atomic E-state index is -4.74. The Morgan fingerprint density at radius 3 is 2.37 bits per heavy atom. The van der Waals surface area contributed by atoms with Crippen LogP contribution < -0.4 is 19.8 Å². The Hall–Kier alpha value is -3.63. The molecule has 0 saturated heterocycles. The van der Waals surface area contributed by atoms with Crippen LogP contribution in [0.2, 0.25) is 0 Å². The summed E-state index contributed by atoms with van der Waals surface area (Å²) in [4.78, 5) is 17.0. The maximum atomic E-state index is 14.3. The fourth-order valence-corrected chi connectivity index (χ4v) is 2.39. The number of ether oxygens (including phenoxy) is 3. The molecule has 1 aromatic carbocycles. The zero-order valence-corrected chi connectivity index (χ0v) is 15.2. The number of nitrogens with one attached hydrogen (secondary N) is 1. The fraction of sp³-hybridized carbons (Fsp3) is 0.158. The van der Waals surface area contributed by atoms with Gasteiger partial charge in [0.05, 0.1) is 7.11 Å². The summed E-state index contributed by atoms with van der Waals surface area (Å²) in [5, 5.41) is 0. The summed E-state index contributed by atoms with van der Waals surface area (Å²) in [6, 6.07) is 5.84. The Morgan fingerprint density at radius 1 is 1.03 bits per heavy atom. The molecule has 0 bridgehead atoms. The number of hydrogen-bond donors (Lipinski definition) is 1. The van der Waals surface area contributed by atoms with Crippen LogP contribution in [0.25, 0.3) is 0 Å². The zero-order valence-electron chi connectivity index (χ0n) is 15.2. The van der Waals surface area contributed by atoms with Crippen LogP contribution in [0.15, 0.2) is 47.4 Å². The average Bonchev–Trinajstić information content (AvgIpc) is 2.68. The molecule has 0 saturated carbocycles. The second-order valence-electron chi connectivity index (χ2n) is 5.90. The summed E-state index contributed by atoms with van der Waals surface area (Å²) in [6.45, 7) is -0.297. The first-order chi connectivity index (χ1) is 14.2. The number of hydrogen-bond acceptors (Lipinski definition) is 5. The van der Waals surface area contributed by atoms with Crippen LogP contribution in [-0.4, -0.2) is 17.1 Å². The molecule has 0 unspecified atom stereocenters. The Labute approximate surface area is 165 Å². The molecule has 3 rings (SSSR count). The van der Waals surface area contributed by atoms with Gasteiger partial charge in [0.2, 0.25) is 0 Å². The van der Waals surface area contributed by atoms with Gasteiger partial charge in [0.15, 0.2) is 23.3 Å². The van der Waals surface area contributed by atoms with Gasteiger partial charge in [-0.05, 0) is 23.8 Å². The van der Waals surface area contributed by atoms with E-state index in [-0.39, 0.29) is 23.8 Å². The lowest BCUT2D eigenvalue weighted by atomic mass is 10.2. The van der Waals surface area contributed by atoms with Crippen LogP contribution in [0, 0.1) is 11.6 Å². The van der Waals surface area contributed by atoms with Crippen molar-refractivity contribution in [3.63, 3.8) is 0 Å². The van der Waals surface area contributed by atoms with E-state index in [0.29, 0.717) is 6.07 Å². The van der Waals surface area contributed by atoms with Crippen LogP contribution in [0.4, 0.5) is 22.0 Å². The molecule has 0 fully saturated rings. The lowest BCUT2D eigenvalue weighted by molar-refractivity contribution is -0.141. The van der Waals surface area contributed by atoms with Gasteiger partial charge in [-0.25, -0.2) is 8.78 Å². The number of pyridine rings is 2. The third-order valence-corrected chi connectivity index (χ3v) is 3.72. The first-order valence-corrected chi connectivity index (χ1v) is 8.26. The first kappa shape index (κ1) is 21.1. The first-order valence-electron chi connectivity index (χ1n) is 8.26. The normalized spacial score (nSPS) is 11.3. The highest BCUT2D eigenvalue weighted by Gasteiger charge is 2.32. The summed E-state index contributed by atoms with van der Waals surface area (Å²) in [7, 11) is 1.33. The maximum absolute atomic E-state index is 14.3. The Kier molecular flexibility index (Phi) is 5.90. The molecule has 6 nitrogen and oxygen atoms in total. The van der Waals surface area contributed by atoms with E-state index in [1.165, 1.54) is 13.2 Å². The standard InChI is InChI=1S/C19H13F5N2O4/c1-28-17-8-12(7-16(27)26-17)29-9-10-4-13(20)18(14(21)5-10)30-11-2-3-25-15(6-11)19(22,23)24/h2-8H,9H2,1H3,(H,26,27).